The summed E-state index contributed by atoms with van der Waals surface area (Å²) in [4.78, 5) is 0. The number of ether oxygens (including phenoxy) is 1. The zero-order valence-corrected chi connectivity index (χ0v) is 17.6. The second-order valence-electron chi connectivity index (χ2n) is 8.39. The predicted octanol–water partition coefficient (Wildman–Crippen LogP) is 2.90. The molecule has 0 radical (unpaired) electrons. The third-order valence-corrected chi connectivity index (χ3v) is 6.95. The SMILES string of the molecule is CCOc1ccc(Cc2cc([C@H]3[C@H](O)[C@@H](O)[C@H](O)C4(CC4O)C3(F)F)ccc2Cl)cc1. The van der Waals surface area contributed by atoms with E-state index in [1.807, 2.05) is 31.2 Å². The normalized spacial score (nSPS) is 34.0. The maximum atomic E-state index is 15.5. The van der Waals surface area contributed by atoms with E-state index < -0.39 is 41.7 Å². The zero-order chi connectivity index (χ0) is 22.6. The van der Waals surface area contributed by atoms with Crippen LogP contribution in [-0.2, 0) is 6.42 Å². The van der Waals surface area contributed by atoms with Gasteiger partial charge in [0.2, 0.25) is 0 Å². The van der Waals surface area contributed by atoms with Gasteiger partial charge in [-0.15, -0.1) is 0 Å². The number of halogens is 3. The molecule has 6 atom stereocenters. The van der Waals surface area contributed by atoms with Crippen molar-refractivity contribution in [1.82, 2.24) is 0 Å². The van der Waals surface area contributed by atoms with Gasteiger partial charge in [0, 0.05) is 5.02 Å². The number of aliphatic hydroxyl groups excluding tert-OH is 4. The van der Waals surface area contributed by atoms with E-state index in [0.29, 0.717) is 23.6 Å². The van der Waals surface area contributed by atoms with Crippen LogP contribution in [0.3, 0.4) is 0 Å². The van der Waals surface area contributed by atoms with E-state index in [0.717, 1.165) is 11.3 Å². The molecule has 8 heteroatoms. The highest BCUT2D eigenvalue weighted by atomic mass is 35.5. The van der Waals surface area contributed by atoms with Gasteiger partial charge in [0.15, 0.2) is 0 Å². The molecule has 2 unspecified atom stereocenters. The van der Waals surface area contributed by atoms with E-state index in [4.69, 9.17) is 16.3 Å². The average molecular weight is 455 g/mol. The summed E-state index contributed by atoms with van der Waals surface area (Å²) in [6.07, 6.45) is -7.03. The van der Waals surface area contributed by atoms with Crippen molar-refractivity contribution in [3.05, 3.63) is 64.2 Å². The Hall–Kier alpha value is -1.77. The molecule has 1 spiro atoms. The Balaban J connectivity index is 1.67. The highest BCUT2D eigenvalue weighted by molar-refractivity contribution is 6.31. The first kappa shape index (κ1) is 22.4. The fraction of sp³-hybridized carbons (Fsp3) is 0.478. The fourth-order valence-electron chi connectivity index (χ4n) is 4.75. The van der Waals surface area contributed by atoms with Crippen LogP contribution < -0.4 is 4.74 Å². The highest BCUT2D eigenvalue weighted by Crippen LogP contribution is 2.67. The maximum absolute atomic E-state index is 15.5. The Morgan fingerprint density at radius 3 is 2.26 bits per heavy atom. The number of hydrogen-bond donors (Lipinski definition) is 4. The molecule has 2 aliphatic carbocycles. The van der Waals surface area contributed by atoms with Crippen molar-refractivity contribution < 1.29 is 33.9 Å². The lowest BCUT2D eigenvalue weighted by Gasteiger charge is -2.47. The minimum absolute atomic E-state index is 0.0901. The lowest BCUT2D eigenvalue weighted by molar-refractivity contribution is -0.244. The third kappa shape index (κ3) is 3.52. The van der Waals surface area contributed by atoms with Crippen LogP contribution in [0.25, 0.3) is 0 Å². The fourth-order valence-corrected chi connectivity index (χ4v) is 4.93. The number of aliphatic hydroxyl groups is 4. The smallest absolute Gasteiger partial charge is 0.268 e. The van der Waals surface area contributed by atoms with Crippen LogP contribution in [0.5, 0.6) is 5.75 Å². The Labute approximate surface area is 183 Å². The van der Waals surface area contributed by atoms with Gasteiger partial charge < -0.3 is 25.2 Å². The number of hydrogen-bond acceptors (Lipinski definition) is 5. The van der Waals surface area contributed by atoms with Crippen molar-refractivity contribution in [1.29, 1.82) is 0 Å². The van der Waals surface area contributed by atoms with Crippen LogP contribution in [-0.4, -0.2) is 57.4 Å². The van der Waals surface area contributed by atoms with Crippen LogP contribution in [0.15, 0.2) is 42.5 Å². The van der Waals surface area contributed by atoms with Gasteiger partial charge in [-0.1, -0.05) is 35.9 Å². The number of rotatable bonds is 5. The summed E-state index contributed by atoms with van der Waals surface area (Å²) in [6, 6.07) is 11.7. The summed E-state index contributed by atoms with van der Waals surface area (Å²) >= 11 is 6.31. The Morgan fingerprint density at radius 2 is 1.68 bits per heavy atom. The second kappa shape index (κ2) is 7.98. The molecular weight excluding hydrogens is 430 g/mol. The molecule has 2 saturated carbocycles. The minimum Gasteiger partial charge on any atom is -0.494 e. The predicted molar refractivity (Wildman–Crippen MR) is 111 cm³/mol. The lowest BCUT2D eigenvalue weighted by atomic mass is 9.67. The largest absolute Gasteiger partial charge is 0.494 e. The Kier molecular flexibility index (Phi) is 5.77. The minimum atomic E-state index is -3.63. The standard InChI is InChI=1S/C23H25ClF2O5/c1-2-31-15-6-3-12(4-7-15)9-14-10-13(5-8-16(14)24)18-19(28)20(29)21(30)22(11-17(22)27)23(18,25)26/h3-8,10,17-21,27-30H,2,9,11H2,1H3/t17?,18-,19-,20+,21-,22?/m0/s1. The van der Waals surface area contributed by atoms with Crippen molar-refractivity contribution in [2.45, 2.75) is 56.0 Å². The van der Waals surface area contributed by atoms with E-state index in [1.54, 1.807) is 0 Å². The molecule has 0 aromatic heterocycles. The second-order valence-corrected chi connectivity index (χ2v) is 8.80. The third-order valence-electron chi connectivity index (χ3n) is 6.58. The molecule has 2 aromatic carbocycles. The van der Waals surface area contributed by atoms with Crippen LogP contribution >= 0.6 is 11.6 Å². The molecule has 4 N–H and O–H groups in total. The molecule has 0 heterocycles. The number of benzene rings is 2. The lowest BCUT2D eigenvalue weighted by Crippen LogP contribution is -2.62. The van der Waals surface area contributed by atoms with Crippen molar-refractivity contribution in [3.63, 3.8) is 0 Å². The molecular formula is C23H25ClF2O5. The first-order chi connectivity index (χ1) is 14.6. The van der Waals surface area contributed by atoms with Gasteiger partial charge >= 0.3 is 0 Å². The van der Waals surface area contributed by atoms with Gasteiger partial charge in [0.25, 0.3) is 5.92 Å². The summed E-state index contributed by atoms with van der Waals surface area (Å²) in [7, 11) is 0. The van der Waals surface area contributed by atoms with Crippen LogP contribution in [0.1, 0.15) is 36.0 Å². The molecule has 0 aliphatic heterocycles. The van der Waals surface area contributed by atoms with E-state index >= 15 is 8.78 Å². The quantitative estimate of drug-likeness (QED) is 0.558. The molecule has 4 rings (SSSR count). The molecule has 2 aliphatic rings. The molecule has 0 bridgehead atoms. The molecule has 5 nitrogen and oxygen atoms in total. The van der Waals surface area contributed by atoms with E-state index in [2.05, 4.69) is 0 Å². The first-order valence-electron chi connectivity index (χ1n) is 10.2. The van der Waals surface area contributed by atoms with Gasteiger partial charge in [0.05, 0.1) is 36.3 Å². The van der Waals surface area contributed by atoms with E-state index in [-0.39, 0.29) is 12.0 Å². The molecule has 31 heavy (non-hydrogen) atoms. The van der Waals surface area contributed by atoms with Crippen molar-refractivity contribution in [3.8, 4) is 5.75 Å². The molecule has 2 aromatic rings. The molecule has 0 saturated heterocycles. The summed E-state index contributed by atoms with van der Waals surface area (Å²) in [6.45, 7) is 2.43. The monoisotopic (exact) mass is 454 g/mol. The van der Waals surface area contributed by atoms with Gasteiger partial charge in [-0.05, 0) is 54.7 Å². The highest BCUT2D eigenvalue weighted by Gasteiger charge is 2.80. The van der Waals surface area contributed by atoms with E-state index in [9.17, 15) is 20.4 Å². The van der Waals surface area contributed by atoms with Crippen molar-refractivity contribution in [2.75, 3.05) is 6.61 Å². The zero-order valence-electron chi connectivity index (χ0n) is 16.9. The molecule has 0 amide bonds. The number of alkyl halides is 2. The van der Waals surface area contributed by atoms with Crippen LogP contribution in [0.2, 0.25) is 5.02 Å². The first-order valence-corrected chi connectivity index (χ1v) is 10.6. The van der Waals surface area contributed by atoms with Crippen LogP contribution in [0, 0.1) is 5.41 Å². The van der Waals surface area contributed by atoms with Crippen molar-refractivity contribution >= 4 is 11.6 Å². The van der Waals surface area contributed by atoms with E-state index in [1.165, 1.54) is 18.2 Å². The van der Waals surface area contributed by atoms with Crippen molar-refractivity contribution in [2.24, 2.45) is 5.41 Å². The summed E-state index contributed by atoms with van der Waals surface area (Å²) in [5.74, 6) is -4.70. The van der Waals surface area contributed by atoms with Gasteiger partial charge in [-0.25, -0.2) is 8.78 Å². The van der Waals surface area contributed by atoms with Crippen LogP contribution in [0.4, 0.5) is 8.78 Å². The summed E-state index contributed by atoms with van der Waals surface area (Å²) < 4.78 is 36.3. The van der Waals surface area contributed by atoms with Gasteiger partial charge in [0.1, 0.15) is 11.9 Å². The summed E-state index contributed by atoms with van der Waals surface area (Å²) in [5.41, 5.74) is -0.599. The molecule has 168 valence electrons. The molecule has 2 fully saturated rings. The topological polar surface area (TPSA) is 90.2 Å². The Bertz CT molecular complexity index is 953. The average Bonchev–Trinajstić information content (AvgIpc) is 3.42. The Morgan fingerprint density at radius 1 is 1.03 bits per heavy atom. The van der Waals surface area contributed by atoms with Gasteiger partial charge in [-0.2, -0.15) is 0 Å². The summed E-state index contributed by atoms with van der Waals surface area (Å²) in [5, 5.41) is 41.2. The maximum Gasteiger partial charge on any atom is 0.268 e. The van der Waals surface area contributed by atoms with Gasteiger partial charge in [-0.3, -0.25) is 0 Å².